The minimum absolute atomic E-state index is 0.0242. The van der Waals surface area contributed by atoms with E-state index in [4.69, 9.17) is 21.1 Å². The molecular weight excluding hydrogens is 466 g/mol. The van der Waals surface area contributed by atoms with Crippen molar-refractivity contribution in [2.24, 2.45) is 0 Å². The van der Waals surface area contributed by atoms with Gasteiger partial charge in [0.2, 0.25) is 0 Å². The molecule has 1 amide bonds. The first kappa shape index (κ1) is 24.4. The normalized spacial score (nSPS) is 17.1. The average Bonchev–Trinajstić information content (AvgIpc) is 3.11. The Morgan fingerprint density at radius 1 is 0.886 bits per heavy atom. The van der Waals surface area contributed by atoms with E-state index >= 15 is 0 Å². The molecular formula is C28H26ClNO5. The molecule has 0 radical (unpaired) electrons. The lowest BCUT2D eigenvalue weighted by molar-refractivity contribution is -0.132. The lowest BCUT2D eigenvalue weighted by atomic mass is 9.92. The number of ether oxygens (including phenoxy) is 2. The number of benzene rings is 3. The number of amides is 1. The summed E-state index contributed by atoms with van der Waals surface area (Å²) in [6.07, 6.45) is 0. The Morgan fingerprint density at radius 2 is 1.57 bits per heavy atom. The van der Waals surface area contributed by atoms with Crippen LogP contribution in [0.15, 0.2) is 60.2 Å². The van der Waals surface area contributed by atoms with E-state index < -0.39 is 17.7 Å². The summed E-state index contributed by atoms with van der Waals surface area (Å²) in [5, 5.41) is 12.0. The molecule has 1 saturated heterocycles. The monoisotopic (exact) mass is 491 g/mol. The number of aliphatic hydroxyl groups is 1. The smallest absolute Gasteiger partial charge is 0.300 e. The first-order valence-corrected chi connectivity index (χ1v) is 11.4. The van der Waals surface area contributed by atoms with Gasteiger partial charge in [-0.2, -0.15) is 0 Å². The highest BCUT2D eigenvalue weighted by Gasteiger charge is 2.48. The molecule has 6 nitrogen and oxygen atoms in total. The maximum absolute atomic E-state index is 13.5. The molecule has 1 N–H and O–H groups in total. The number of para-hydroxylation sites is 1. The first-order chi connectivity index (χ1) is 16.7. The maximum atomic E-state index is 13.5. The number of Topliss-reactive ketones (excluding diaryl/α,β-unsaturated/α-hetero) is 1. The van der Waals surface area contributed by atoms with Crippen molar-refractivity contribution in [1.82, 2.24) is 0 Å². The minimum Gasteiger partial charge on any atom is -0.507 e. The zero-order chi connectivity index (χ0) is 25.4. The Bertz CT molecular complexity index is 1380. The summed E-state index contributed by atoms with van der Waals surface area (Å²) in [7, 11) is 3.09. The number of nitrogens with zero attached hydrogens (tertiary/aromatic N) is 1. The second-order valence-electron chi connectivity index (χ2n) is 8.48. The number of methoxy groups -OCH3 is 2. The molecule has 35 heavy (non-hydrogen) atoms. The van der Waals surface area contributed by atoms with Crippen molar-refractivity contribution in [2.45, 2.75) is 26.8 Å². The van der Waals surface area contributed by atoms with Gasteiger partial charge in [0.1, 0.15) is 17.3 Å². The van der Waals surface area contributed by atoms with Gasteiger partial charge in [-0.25, -0.2) is 0 Å². The zero-order valence-corrected chi connectivity index (χ0v) is 20.9. The molecule has 180 valence electrons. The van der Waals surface area contributed by atoms with E-state index in [9.17, 15) is 14.7 Å². The molecule has 0 bridgehead atoms. The lowest BCUT2D eigenvalue weighted by Gasteiger charge is -2.27. The molecule has 3 aromatic rings. The molecule has 1 aliphatic rings. The molecule has 1 atom stereocenters. The second-order valence-corrected chi connectivity index (χ2v) is 8.89. The fourth-order valence-electron chi connectivity index (χ4n) is 4.43. The van der Waals surface area contributed by atoms with Gasteiger partial charge in [0, 0.05) is 21.8 Å². The maximum Gasteiger partial charge on any atom is 0.300 e. The second kappa shape index (κ2) is 9.47. The van der Waals surface area contributed by atoms with Crippen LogP contribution in [-0.2, 0) is 9.59 Å². The van der Waals surface area contributed by atoms with Crippen molar-refractivity contribution < 1.29 is 24.2 Å². The highest BCUT2D eigenvalue weighted by molar-refractivity contribution is 6.52. The van der Waals surface area contributed by atoms with Crippen LogP contribution in [0.25, 0.3) is 5.76 Å². The topological polar surface area (TPSA) is 76.1 Å². The van der Waals surface area contributed by atoms with Crippen LogP contribution in [0.2, 0.25) is 5.02 Å². The van der Waals surface area contributed by atoms with E-state index in [0.717, 1.165) is 11.1 Å². The fraction of sp³-hybridized carbons (Fsp3) is 0.214. The van der Waals surface area contributed by atoms with Crippen molar-refractivity contribution in [3.63, 3.8) is 0 Å². The summed E-state index contributed by atoms with van der Waals surface area (Å²) >= 11 is 6.37. The Kier molecular flexibility index (Phi) is 6.59. The Balaban J connectivity index is 2.02. The zero-order valence-electron chi connectivity index (χ0n) is 20.2. The van der Waals surface area contributed by atoms with Gasteiger partial charge in [-0.1, -0.05) is 35.9 Å². The Hall–Kier alpha value is -3.77. The molecule has 1 aliphatic heterocycles. The van der Waals surface area contributed by atoms with E-state index in [1.54, 1.807) is 61.7 Å². The quantitative estimate of drug-likeness (QED) is 0.273. The van der Waals surface area contributed by atoms with E-state index in [-0.39, 0.29) is 11.3 Å². The largest absolute Gasteiger partial charge is 0.507 e. The lowest BCUT2D eigenvalue weighted by Crippen LogP contribution is -2.29. The summed E-state index contributed by atoms with van der Waals surface area (Å²) < 4.78 is 11.0. The number of ketones is 1. The average molecular weight is 492 g/mol. The van der Waals surface area contributed by atoms with Gasteiger partial charge in [-0.15, -0.1) is 0 Å². The number of hydrogen-bond donors (Lipinski definition) is 1. The van der Waals surface area contributed by atoms with Gasteiger partial charge in [0.05, 0.1) is 25.8 Å². The molecule has 0 aliphatic carbocycles. The summed E-state index contributed by atoms with van der Waals surface area (Å²) in [5.74, 6) is -0.664. The highest BCUT2D eigenvalue weighted by Crippen LogP contribution is 2.46. The first-order valence-electron chi connectivity index (χ1n) is 11.0. The van der Waals surface area contributed by atoms with E-state index in [0.29, 0.717) is 38.9 Å². The van der Waals surface area contributed by atoms with Gasteiger partial charge in [-0.05, 0) is 67.8 Å². The minimum atomic E-state index is -0.924. The van der Waals surface area contributed by atoms with Crippen LogP contribution in [0.1, 0.15) is 33.9 Å². The van der Waals surface area contributed by atoms with Gasteiger partial charge in [-0.3, -0.25) is 14.5 Å². The number of rotatable bonds is 5. The molecule has 0 spiro atoms. The van der Waals surface area contributed by atoms with Gasteiger partial charge >= 0.3 is 0 Å². The summed E-state index contributed by atoms with van der Waals surface area (Å²) in [5.41, 5.74) is 3.76. The molecule has 0 saturated carbocycles. The molecule has 0 aromatic heterocycles. The number of aliphatic hydroxyl groups excluding tert-OH is 1. The van der Waals surface area contributed by atoms with E-state index in [1.807, 2.05) is 20.8 Å². The van der Waals surface area contributed by atoms with Gasteiger partial charge < -0.3 is 14.6 Å². The van der Waals surface area contributed by atoms with E-state index in [2.05, 4.69) is 0 Å². The standard InChI is InChI=1S/C28H26ClNO5/c1-15-10-11-18(14-21(15)29)30-25(19-8-6-7-9-22(19)34-4)24(27(32)28(30)33)26(31)20-12-17(3)23(35-5)13-16(20)2/h6-14,25,31H,1-5H3/b26-24+. The van der Waals surface area contributed by atoms with Crippen molar-refractivity contribution >= 4 is 34.7 Å². The third-order valence-electron chi connectivity index (χ3n) is 6.31. The molecule has 1 unspecified atom stereocenters. The third kappa shape index (κ3) is 4.15. The van der Waals surface area contributed by atoms with Crippen molar-refractivity contribution in [2.75, 3.05) is 19.1 Å². The van der Waals surface area contributed by atoms with Crippen LogP contribution >= 0.6 is 11.6 Å². The van der Waals surface area contributed by atoms with Gasteiger partial charge in [0.25, 0.3) is 11.7 Å². The number of hydrogen-bond acceptors (Lipinski definition) is 5. The van der Waals surface area contributed by atoms with Crippen LogP contribution in [0, 0.1) is 20.8 Å². The van der Waals surface area contributed by atoms with Crippen molar-refractivity contribution in [3.8, 4) is 11.5 Å². The number of anilines is 1. The Labute approximate surface area is 209 Å². The molecule has 4 rings (SSSR count). The number of carbonyl (C=O) groups is 2. The van der Waals surface area contributed by atoms with Crippen LogP contribution in [0.5, 0.6) is 11.5 Å². The molecule has 1 heterocycles. The number of carbonyl (C=O) groups excluding carboxylic acids is 2. The van der Waals surface area contributed by atoms with Crippen LogP contribution < -0.4 is 14.4 Å². The number of halogens is 1. The van der Waals surface area contributed by atoms with Crippen LogP contribution in [0.3, 0.4) is 0 Å². The van der Waals surface area contributed by atoms with Crippen LogP contribution in [-0.4, -0.2) is 31.0 Å². The molecule has 1 fully saturated rings. The van der Waals surface area contributed by atoms with E-state index in [1.165, 1.54) is 12.0 Å². The summed E-state index contributed by atoms with van der Waals surface area (Å²) in [6.45, 7) is 5.51. The molecule has 7 heteroatoms. The van der Waals surface area contributed by atoms with Gasteiger partial charge in [0.15, 0.2) is 0 Å². The molecule has 3 aromatic carbocycles. The van der Waals surface area contributed by atoms with Crippen molar-refractivity contribution in [3.05, 3.63) is 93.0 Å². The predicted octanol–water partition coefficient (Wildman–Crippen LogP) is 5.91. The predicted molar refractivity (Wildman–Crippen MR) is 136 cm³/mol. The highest BCUT2D eigenvalue weighted by atomic mass is 35.5. The summed E-state index contributed by atoms with van der Waals surface area (Å²) in [6, 6.07) is 14.9. The Morgan fingerprint density at radius 3 is 2.23 bits per heavy atom. The summed E-state index contributed by atoms with van der Waals surface area (Å²) in [4.78, 5) is 28.2. The number of aryl methyl sites for hydroxylation is 3. The van der Waals surface area contributed by atoms with Crippen molar-refractivity contribution in [1.29, 1.82) is 0 Å². The third-order valence-corrected chi connectivity index (χ3v) is 6.72. The SMILES string of the molecule is COc1cc(C)c(/C(O)=C2\C(=O)C(=O)N(c3ccc(C)c(Cl)c3)C2c2ccccc2OC)cc1C. The fourth-order valence-corrected chi connectivity index (χ4v) is 4.60. The van der Waals surface area contributed by atoms with Crippen LogP contribution in [0.4, 0.5) is 5.69 Å².